The zero-order valence-corrected chi connectivity index (χ0v) is 17.0. The number of hydrogen-bond donors (Lipinski definition) is 1. The van der Waals surface area contributed by atoms with Crippen molar-refractivity contribution in [1.82, 2.24) is 4.31 Å². The molecule has 0 radical (unpaired) electrons. The van der Waals surface area contributed by atoms with Crippen molar-refractivity contribution in [3.05, 3.63) is 57.6 Å². The van der Waals surface area contributed by atoms with Crippen LogP contribution < -0.4 is 5.32 Å². The second-order valence-electron chi connectivity index (χ2n) is 6.04. The van der Waals surface area contributed by atoms with E-state index in [-0.39, 0.29) is 17.3 Å². The van der Waals surface area contributed by atoms with E-state index in [9.17, 15) is 13.2 Å². The van der Waals surface area contributed by atoms with Gasteiger partial charge < -0.3 is 5.32 Å². The van der Waals surface area contributed by atoms with E-state index >= 15 is 0 Å². The molecule has 0 aromatic heterocycles. The number of likely N-dealkylation sites (N-methyl/N-ethyl adjacent to an activating group) is 1. The van der Waals surface area contributed by atoms with Crippen molar-refractivity contribution in [3.63, 3.8) is 0 Å². The minimum atomic E-state index is -3.73. The fourth-order valence-corrected chi connectivity index (χ4v) is 4.31. The van der Waals surface area contributed by atoms with Crippen LogP contribution in [0.15, 0.2) is 45.8 Å². The highest BCUT2D eigenvalue weighted by atomic mass is 79.9. The molecule has 0 atom stereocenters. The van der Waals surface area contributed by atoms with Crippen LogP contribution in [0.1, 0.15) is 16.7 Å². The third kappa shape index (κ3) is 4.68. The fraction of sp³-hybridized carbons (Fsp3) is 0.278. The third-order valence-electron chi connectivity index (χ3n) is 3.86. The number of halogens is 1. The molecule has 5 nitrogen and oxygen atoms in total. The number of rotatable bonds is 5. The minimum absolute atomic E-state index is 0.225. The molecule has 0 heterocycles. The van der Waals surface area contributed by atoms with Crippen LogP contribution in [-0.4, -0.2) is 32.2 Å². The van der Waals surface area contributed by atoms with Gasteiger partial charge in [0.05, 0.1) is 11.4 Å². The van der Waals surface area contributed by atoms with E-state index in [1.54, 1.807) is 25.1 Å². The molecule has 0 unspecified atom stereocenters. The van der Waals surface area contributed by atoms with Gasteiger partial charge in [0, 0.05) is 17.2 Å². The van der Waals surface area contributed by atoms with Gasteiger partial charge in [-0.1, -0.05) is 28.1 Å². The Kier molecular flexibility index (Phi) is 6.03. The Labute approximate surface area is 157 Å². The van der Waals surface area contributed by atoms with Crippen LogP contribution in [0.3, 0.4) is 0 Å². The summed E-state index contributed by atoms with van der Waals surface area (Å²) in [6, 6.07) is 10.7. The number of aryl methyl sites for hydroxylation is 3. The first-order valence-electron chi connectivity index (χ1n) is 7.71. The van der Waals surface area contributed by atoms with Crippen molar-refractivity contribution >= 4 is 37.5 Å². The maximum atomic E-state index is 12.7. The number of carbonyl (C=O) groups is 1. The normalized spacial score (nSPS) is 11.6. The third-order valence-corrected chi connectivity index (χ3v) is 6.30. The first kappa shape index (κ1) is 19.6. The monoisotopic (exact) mass is 424 g/mol. The summed E-state index contributed by atoms with van der Waals surface area (Å²) < 4.78 is 27.5. The van der Waals surface area contributed by atoms with E-state index in [0.717, 1.165) is 19.9 Å². The number of anilines is 1. The highest BCUT2D eigenvalue weighted by Crippen LogP contribution is 2.22. The molecule has 1 N–H and O–H groups in total. The Balaban J connectivity index is 2.16. The lowest BCUT2D eigenvalue weighted by atomic mass is 10.2. The van der Waals surface area contributed by atoms with E-state index < -0.39 is 10.0 Å². The molecular formula is C18H21BrN2O3S. The van der Waals surface area contributed by atoms with Crippen molar-refractivity contribution in [2.24, 2.45) is 0 Å². The predicted octanol–water partition coefficient (Wildman–Crippen LogP) is 3.63. The van der Waals surface area contributed by atoms with Crippen molar-refractivity contribution in [2.45, 2.75) is 25.7 Å². The number of sulfonamides is 1. The molecule has 0 aliphatic carbocycles. The van der Waals surface area contributed by atoms with Crippen LogP contribution >= 0.6 is 15.9 Å². The topological polar surface area (TPSA) is 66.5 Å². The lowest BCUT2D eigenvalue weighted by Gasteiger charge is -2.19. The predicted molar refractivity (Wildman–Crippen MR) is 103 cm³/mol. The molecule has 2 aromatic rings. The molecule has 134 valence electrons. The van der Waals surface area contributed by atoms with Crippen LogP contribution in [0.4, 0.5) is 5.69 Å². The quantitative estimate of drug-likeness (QED) is 0.796. The molecule has 0 fully saturated rings. The van der Waals surface area contributed by atoms with Crippen LogP contribution in [0.5, 0.6) is 0 Å². The van der Waals surface area contributed by atoms with E-state index in [1.165, 1.54) is 7.05 Å². The summed E-state index contributed by atoms with van der Waals surface area (Å²) in [6.45, 7) is 5.19. The molecule has 0 aliphatic rings. The van der Waals surface area contributed by atoms with Crippen molar-refractivity contribution < 1.29 is 13.2 Å². The van der Waals surface area contributed by atoms with Gasteiger partial charge in [0.2, 0.25) is 15.9 Å². The number of carbonyl (C=O) groups excluding carboxylic acids is 1. The molecule has 0 saturated carbocycles. The van der Waals surface area contributed by atoms with Crippen LogP contribution in [0, 0.1) is 20.8 Å². The summed E-state index contributed by atoms with van der Waals surface area (Å²) in [5.41, 5.74) is 3.06. The zero-order chi connectivity index (χ0) is 18.8. The van der Waals surface area contributed by atoms with Gasteiger partial charge in [-0.25, -0.2) is 8.42 Å². The number of amides is 1. The molecule has 0 bridgehead atoms. The molecular weight excluding hydrogens is 404 g/mol. The van der Waals surface area contributed by atoms with Gasteiger partial charge in [-0.05, 0) is 61.7 Å². The summed E-state index contributed by atoms with van der Waals surface area (Å²) in [6.07, 6.45) is 0. The van der Waals surface area contributed by atoms with E-state index in [2.05, 4.69) is 21.2 Å². The standard InChI is InChI=1S/C18H21BrN2O3S/c1-12-5-6-13(2)17(9-12)25(23,24)21(4)11-18(22)20-16-8-7-15(19)10-14(16)3/h5-10H,11H2,1-4H3,(H,20,22). The number of benzene rings is 2. The Bertz CT molecular complexity index is 911. The molecule has 1 amide bonds. The van der Waals surface area contributed by atoms with Crippen molar-refractivity contribution in [1.29, 1.82) is 0 Å². The molecule has 0 spiro atoms. The number of nitrogens with zero attached hydrogens (tertiary/aromatic N) is 1. The van der Waals surface area contributed by atoms with Crippen molar-refractivity contribution in [3.8, 4) is 0 Å². The second-order valence-corrected chi connectivity index (χ2v) is 8.97. The summed E-state index contributed by atoms with van der Waals surface area (Å²) in [5, 5.41) is 2.75. The van der Waals surface area contributed by atoms with Gasteiger partial charge in [-0.3, -0.25) is 4.79 Å². The lowest BCUT2D eigenvalue weighted by molar-refractivity contribution is -0.116. The average Bonchev–Trinajstić information content (AvgIpc) is 2.52. The van der Waals surface area contributed by atoms with Crippen LogP contribution in [0.2, 0.25) is 0 Å². The number of hydrogen-bond acceptors (Lipinski definition) is 3. The molecule has 0 aliphatic heterocycles. The smallest absolute Gasteiger partial charge is 0.243 e. The molecule has 7 heteroatoms. The van der Waals surface area contributed by atoms with Gasteiger partial charge in [0.15, 0.2) is 0 Å². The molecule has 0 saturated heterocycles. The summed E-state index contributed by atoms with van der Waals surface area (Å²) in [5.74, 6) is -0.387. The molecule has 25 heavy (non-hydrogen) atoms. The Hall–Kier alpha value is -1.70. The average molecular weight is 425 g/mol. The number of nitrogens with one attached hydrogen (secondary N) is 1. The Morgan fingerprint density at radius 2 is 1.76 bits per heavy atom. The van der Waals surface area contributed by atoms with Gasteiger partial charge in [-0.15, -0.1) is 0 Å². The second kappa shape index (κ2) is 7.68. The van der Waals surface area contributed by atoms with Gasteiger partial charge in [-0.2, -0.15) is 4.31 Å². The first-order chi connectivity index (χ1) is 11.6. The lowest BCUT2D eigenvalue weighted by Crippen LogP contribution is -2.35. The van der Waals surface area contributed by atoms with Crippen LogP contribution in [0.25, 0.3) is 0 Å². The van der Waals surface area contributed by atoms with Gasteiger partial charge in [0.25, 0.3) is 0 Å². The molecule has 2 rings (SSSR count). The maximum absolute atomic E-state index is 12.7. The Morgan fingerprint density at radius 1 is 1.08 bits per heavy atom. The largest absolute Gasteiger partial charge is 0.325 e. The van der Waals surface area contributed by atoms with E-state index in [4.69, 9.17) is 0 Å². The van der Waals surface area contributed by atoms with Crippen molar-refractivity contribution in [2.75, 3.05) is 18.9 Å². The summed E-state index contributed by atoms with van der Waals surface area (Å²) >= 11 is 3.37. The zero-order valence-electron chi connectivity index (χ0n) is 14.6. The van der Waals surface area contributed by atoms with E-state index in [0.29, 0.717) is 11.3 Å². The summed E-state index contributed by atoms with van der Waals surface area (Å²) in [7, 11) is -2.32. The van der Waals surface area contributed by atoms with Crippen LogP contribution in [-0.2, 0) is 14.8 Å². The fourth-order valence-electron chi connectivity index (χ4n) is 2.40. The highest BCUT2D eigenvalue weighted by Gasteiger charge is 2.25. The molecule has 2 aromatic carbocycles. The minimum Gasteiger partial charge on any atom is -0.325 e. The first-order valence-corrected chi connectivity index (χ1v) is 9.94. The maximum Gasteiger partial charge on any atom is 0.243 e. The SMILES string of the molecule is Cc1ccc(C)c(S(=O)(=O)N(C)CC(=O)Nc2ccc(Br)cc2C)c1. The van der Waals surface area contributed by atoms with E-state index in [1.807, 2.05) is 32.0 Å². The highest BCUT2D eigenvalue weighted by molar-refractivity contribution is 9.10. The summed E-state index contributed by atoms with van der Waals surface area (Å²) in [4.78, 5) is 12.5. The Morgan fingerprint density at radius 3 is 2.40 bits per heavy atom. The van der Waals surface area contributed by atoms with Gasteiger partial charge in [0.1, 0.15) is 0 Å². The van der Waals surface area contributed by atoms with Gasteiger partial charge >= 0.3 is 0 Å².